The lowest BCUT2D eigenvalue weighted by atomic mass is 10.0. The summed E-state index contributed by atoms with van der Waals surface area (Å²) in [5.74, 6) is -5.25. The number of aliphatic carboxylic acids is 2. The van der Waals surface area contributed by atoms with E-state index in [0.29, 0.717) is 11.3 Å². The van der Waals surface area contributed by atoms with Crippen molar-refractivity contribution >= 4 is 29.7 Å². The Balaban J connectivity index is 2.27. The summed E-state index contributed by atoms with van der Waals surface area (Å²) in [5.41, 5.74) is 6.83. The second kappa shape index (κ2) is 13.7. The molecular formula is C24H32N6O7. The fourth-order valence-corrected chi connectivity index (χ4v) is 3.48. The zero-order valence-electron chi connectivity index (χ0n) is 20.5. The maximum Gasteiger partial charge on any atom is 0.326 e. The highest BCUT2D eigenvalue weighted by Crippen LogP contribution is 2.08. The predicted octanol–water partition coefficient (Wildman–Crippen LogP) is -0.808. The molecule has 13 heteroatoms. The Kier molecular flexibility index (Phi) is 10.8. The van der Waals surface area contributed by atoms with Crippen LogP contribution < -0.4 is 21.7 Å². The molecule has 0 fully saturated rings. The number of nitrogens with zero attached hydrogens (tertiary/aromatic N) is 1. The number of hydrogen-bond acceptors (Lipinski definition) is 7. The van der Waals surface area contributed by atoms with Crippen LogP contribution in [0.25, 0.3) is 0 Å². The molecule has 2 aromatic rings. The van der Waals surface area contributed by atoms with Crippen molar-refractivity contribution in [2.45, 2.75) is 57.3 Å². The van der Waals surface area contributed by atoms with Crippen LogP contribution in [0.1, 0.15) is 31.5 Å². The number of aromatic amines is 1. The number of rotatable bonds is 14. The van der Waals surface area contributed by atoms with Gasteiger partial charge in [-0.3, -0.25) is 19.2 Å². The molecule has 0 saturated heterocycles. The minimum Gasteiger partial charge on any atom is -0.481 e. The number of amides is 3. The SMILES string of the molecule is CC(C)C(NC(=O)C(Cc1ccccc1)NC(=O)C(Cc1cnc[nH]1)NC(=O)C(N)CC(=O)O)C(=O)O. The fraction of sp³-hybridized carbons (Fsp3) is 0.417. The average molecular weight is 517 g/mol. The summed E-state index contributed by atoms with van der Waals surface area (Å²) in [4.78, 5) is 68.1. The molecule has 2 rings (SSSR count). The average Bonchev–Trinajstić information content (AvgIpc) is 3.34. The van der Waals surface area contributed by atoms with Crippen molar-refractivity contribution in [1.29, 1.82) is 0 Å². The molecule has 200 valence electrons. The summed E-state index contributed by atoms with van der Waals surface area (Å²) < 4.78 is 0. The molecule has 0 saturated carbocycles. The lowest BCUT2D eigenvalue weighted by Crippen LogP contribution is -2.58. The molecule has 1 heterocycles. The molecule has 13 nitrogen and oxygen atoms in total. The molecule has 0 spiro atoms. The van der Waals surface area contributed by atoms with Gasteiger partial charge in [0, 0.05) is 24.7 Å². The van der Waals surface area contributed by atoms with Gasteiger partial charge in [-0.05, 0) is 11.5 Å². The number of carboxylic acids is 2. The second-order valence-corrected chi connectivity index (χ2v) is 8.87. The van der Waals surface area contributed by atoms with Gasteiger partial charge < -0.3 is 36.9 Å². The third-order valence-corrected chi connectivity index (χ3v) is 5.49. The maximum absolute atomic E-state index is 13.3. The van der Waals surface area contributed by atoms with Crippen molar-refractivity contribution in [3.63, 3.8) is 0 Å². The van der Waals surface area contributed by atoms with E-state index in [2.05, 4.69) is 25.9 Å². The smallest absolute Gasteiger partial charge is 0.326 e. The lowest BCUT2D eigenvalue weighted by molar-refractivity contribution is -0.143. The molecule has 0 aliphatic carbocycles. The number of nitrogens with two attached hydrogens (primary N) is 1. The monoisotopic (exact) mass is 516 g/mol. The largest absolute Gasteiger partial charge is 0.481 e. The summed E-state index contributed by atoms with van der Waals surface area (Å²) in [7, 11) is 0. The molecule has 0 aliphatic rings. The number of carboxylic acid groups (broad SMARTS) is 2. The van der Waals surface area contributed by atoms with Gasteiger partial charge in [-0.25, -0.2) is 9.78 Å². The van der Waals surface area contributed by atoms with E-state index < -0.39 is 66.2 Å². The number of nitrogens with one attached hydrogen (secondary N) is 4. The summed E-state index contributed by atoms with van der Waals surface area (Å²) in [5, 5.41) is 25.9. The Morgan fingerprint density at radius 2 is 1.51 bits per heavy atom. The number of carbonyl (C=O) groups is 5. The van der Waals surface area contributed by atoms with Gasteiger partial charge in [-0.1, -0.05) is 44.2 Å². The van der Waals surface area contributed by atoms with E-state index in [-0.39, 0.29) is 12.8 Å². The minimum atomic E-state index is -1.40. The Labute approximate surface area is 213 Å². The highest BCUT2D eigenvalue weighted by Gasteiger charge is 2.32. The van der Waals surface area contributed by atoms with Gasteiger partial charge in [0.2, 0.25) is 17.7 Å². The first-order chi connectivity index (χ1) is 17.5. The Hall–Kier alpha value is -4.26. The van der Waals surface area contributed by atoms with Crippen LogP contribution in [0, 0.1) is 5.92 Å². The third-order valence-electron chi connectivity index (χ3n) is 5.49. The zero-order valence-corrected chi connectivity index (χ0v) is 20.5. The quantitative estimate of drug-likeness (QED) is 0.167. The van der Waals surface area contributed by atoms with E-state index >= 15 is 0 Å². The summed E-state index contributed by atoms with van der Waals surface area (Å²) in [6, 6.07) is 3.79. The minimum absolute atomic E-state index is 0.0477. The van der Waals surface area contributed by atoms with Crippen LogP contribution in [-0.2, 0) is 36.8 Å². The fourth-order valence-electron chi connectivity index (χ4n) is 3.48. The molecule has 1 aromatic heterocycles. The molecule has 0 aliphatic heterocycles. The van der Waals surface area contributed by atoms with Crippen molar-refractivity contribution < 1.29 is 34.2 Å². The number of aromatic nitrogens is 2. The first-order valence-electron chi connectivity index (χ1n) is 11.6. The Morgan fingerprint density at radius 1 is 0.919 bits per heavy atom. The van der Waals surface area contributed by atoms with Crippen molar-refractivity contribution in [2.75, 3.05) is 0 Å². The number of imidazole rings is 1. The Bertz CT molecular complexity index is 1070. The topological polar surface area (TPSA) is 217 Å². The molecule has 37 heavy (non-hydrogen) atoms. The highest BCUT2D eigenvalue weighted by molar-refractivity contribution is 5.95. The van der Waals surface area contributed by atoms with E-state index in [4.69, 9.17) is 10.8 Å². The van der Waals surface area contributed by atoms with Gasteiger partial charge in [0.25, 0.3) is 0 Å². The van der Waals surface area contributed by atoms with Gasteiger partial charge in [0.1, 0.15) is 18.1 Å². The van der Waals surface area contributed by atoms with Crippen LogP contribution >= 0.6 is 0 Å². The van der Waals surface area contributed by atoms with Gasteiger partial charge in [0.15, 0.2) is 0 Å². The van der Waals surface area contributed by atoms with Gasteiger partial charge in [-0.2, -0.15) is 0 Å². The second-order valence-electron chi connectivity index (χ2n) is 8.87. The van der Waals surface area contributed by atoms with Crippen LogP contribution in [0.15, 0.2) is 42.9 Å². The first kappa shape index (κ1) is 29.0. The predicted molar refractivity (Wildman–Crippen MR) is 131 cm³/mol. The van der Waals surface area contributed by atoms with Gasteiger partial charge in [-0.15, -0.1) is 0 Å². The third kappa shape index (κ3) is 9.37. The molecule has 3 amide bonds. The van der Waals surface area contributed by atoms with Crippen molar-refractivity contribution in [3.05, 3.63) is 54.1 Å². The molecule has 1 aromatic carbocycles. The van der Waals surface area contributed by atoms with Gasteiger partial charge in [0.05, 0.1) is 18.8 Å². The Morgan fingerprint density at radius 3 is 2.05 bits per heavy atom. The number of hydrogen-bond donors (Lipinski definition) is 7. The van der Waals surface area contributed by atoms with Crippen LogP contribution in [-0.4, -0.2) is 74.0 Å². The van der Waals surface area contributed by atoms with E-state index in [1.807, 2.05) is 0 Å². The van der Waals surface area contributed by atoms with Crippen molar-refractivity contribution in [2.24, 2.45) is 11.7 Å². The van der Waals surface area contributed by atoms with Gasteiger partial charge >= 0.3 is 11.9 Å². The molecule has 4 atom stereocenters. The lowest BCUT2D eigenvalue weighted by Gasteiger charge is -2.26. The van der Waals surface area contributed by atoms with Crippen molar-refractivity contribution in [3.8, 4) is 0 Å². The van der Waals surface area contributed by atoms with Crippen LogP contribution in [0.3, 0.4) is 0 Å². The van der Waals surface area contributed by atoms with Crippen molar-refractivity contribution in [1.82, 2.24) is 25.9 Å². The molecule has 0 radical (unpaired) electrons. The molecular weight excluding hydrogens is 484 g/mol. The molecule has 0 bridgehead atoms. The summed E-state index contributed by atoms with van der Waals surface area (Å²) in [6.07, 6.45) is 2.17. The standard InChI is InChI=1S/C24H32N6O7/c1-13(2)20(24(36)37)30-23(35)17(8-14-6-4-3-5-7-14)29-22(34)18(9-15-11-26-12-27-15)28-21(33)16(25)10-19(31)32/h3-7,11-13,16-18,20H,8-10,25H2,1-2H3,(H,26,27)(H,28,33)(H,29,34)(H,30,35)(H,31,32)(H,36,37). The van der Waals surface area contributed by atoms with E-state index in [0.717, 1.165) is 0 Å². The normalized spacial score (nSPS) is 14.2. The van der Waals surface area contributed by atoms with E-state index in [1.54, 1.807) is 44.2 Å². The van der Waals surface area contributed by atoms with Crippen LogP contribution in [0.2, 0.25) is 0 Å². The number of benzene rings is 1. The van der Waals surface area contributed by atoms with Crippen LogP contribution in [0.4, 0.5) is 0 Å². The van der Waals surface area contributed by atoms with Crippen LogP contribution in [0.5, 0.6) is 0 Å². The summed E-state index contributed by atoms with van der Waals surface area (Å²) in [6.45, 7) is 3.28. The van der Waals surface area contributed by atoms with E-state index in [9.17, 15) is 29.1 Å². The molecule has 8 N–H and O–H groups in total. The zero-order chi connectivity index (χ0) is 27.5. The molecule has 4 unspecified atom stereocenters. The maximum atomic E-state index is 13.3. The number of carbonyl (C=O) groups excluding carboxylic acids is 3. The van der Waals surface area contributed by atoms with E-state index in [1.165, 1.54) is 12.5 Å². The highest BCUT2D eigenvalue weighted by atomic mass is 16.4. The summed E-state index contributed by atoms with van der Waals surface area (Å²) >= 11 is 0. The first-order valence-corrected chi connectivity index (χ1v) is 11.6. The number of H-pyrrole nitrogens is 1.